The Labute approximate surface area is 131 Å². The van der Waals surface area contributed by atoms with E-state index in [1.807, 2.05) is 45.9 Å². The first-order valence-corrected chi connectivity index (χ1v) is 7.71. The fourth-order valence-electron chi connectivity index (χ4n) is 2.68. The number of halogens is 1. The van der Waals surface area contributed by atoms with Gasteiger partial charge < -0.3 is 10.1 Å². The Hall–Kier alpha value is -1.10. The number of nitrogens with zero attached hydrogens (tertiary/aromatic N) is 1. The van der Waals surface area contributed by atoms with Crippen LogP contribution < -0.4 is 5.32 Å². The maximum absolute atomic E-state index is 12.5. The normalized spacial score (nSPS) is 24.6. The smallest absolute Gasteiger partial charge is 0.241 e. The van der Waals surface area contributed by atoms with Gasteiger partial charge in [0.1, 0.15) is 0 Å². The van der Waals surface area contributed by atoms with Crippen LogP contribution in [-0.2, 0) is 9.53 Å². The maximum atomic E-state index is 12.5. The highest BCUT2D eigenvalue weighted by Gasteiger charge is 2.29. The molecule has 0 aromatic heterocycles. The van der Waals surface area contributed by atoms with Crippen molar-refractivity contribution in [3.8, 4) is 0 Å². The van der Waals surface area contributed by atoms with Gasteiger partial charge in [0.15, 0.2) is 0 Å². The predicted molar refractivity (Wildman–Crippen MR) is 85.9 cm³/mol. The fraction of sp³-hybridized carbons (Fsp3) is 0.562. The van der Waals surface area contributed by atoms with E-state index < -0.39 is 0 Å². The molecule has 0 spiro atoms. The van der Waals surface area contributed by atoms with Crippen LogP contribution in [-0.4, -0.2) is 42.1 Å². The summed E-state index contributed by atoms with van der Waals surface area (Å²) in [5.74, 6) is -0.0123. The van der Waals surface area contributed by atoms with Crippen LogP contribution in [0.2, 0.25) is 5.02 Å². The van der Waals surface area contributed by atoms with E-state index in [1.54, 1.807) is 0 Å². The molecule has 0 aliphatic carbocycles. The summed E-state index contributed by atoms with van der Waals surface area (Å²) in [4.78, 5) is 14.6. The molecule has 1 saturated heterocycles. The average molecular weight is 311 g/mol. The molecule has 1 N–H and O–H groups in total. The molecule has 1 aromatic carbocycles. The Balaban J connectivity index is 2.04. The lowest BCUT2D eigenvalue weighted by Gasteiger charge is -2.38. The highest BCUT2D eigenvalue weighted by Crippen LogP contribution is 2.23. The minimum absolute atomic E-state index is 0.0123. The van der Waals surface area contributed by atoms with Crippen LogP contribution in [0.4, 0.5) is 5.69 Å². The molecule has 1 heterocycles. The van der Waals surface area contributed by atoms with E-state index >= 15 is 0 Å². The number of anilines is 1. The Bertz CT molecular complexity index is 511. The van der Waals surface area contributed by atoms with Crippen molar-refractivity contribution >= 4 is 23.2 Å². The summed E-state index contributed by atoms with van der Waals surface area (Å²) in [5.41, 5.74) is 1.66. The number of carbonyl (C=O) groups is 1. The number of rotatable bonds is 3. The molecule has 3 atom stereocenters. The first kappa shape index (κ1) is 16.3. The van der Waals surface area contributed by atoms with Crippen molar-refractivity contribution in [1.82, 2.24) is 4.90 Å². The molecule has 116 valence electrons. The highest BCUT2D eigenvalue weighted by molar-refractivity contribution is 6.31. The number of carbonyl (C=O) groups excluding carboxylic acids is 1. The number of ether oxygens (including phenoxy) is 1. The number of benzene rings is 1. The second kappa shape index (κ2) is 6.77. The lowest BCUT2D eigenvalue weighted by atomic mass is 10.1. The van der Waals surface area contributed by atoms with Crippen LogP contribution in [0.3, 0.4) is 0 Å². The van der Waals surface area contributed by atoms with Crippen LogP contribution in [0.1, 0.15) is 26.3 Å². The number of amides is 1. The van der Waals surface area contributed by atoms with E-state index in [-0.39, 0.29) is 24.2 Å². The summed E-state index contributed by atoms with van der Waals surface area (Å²) in [5, 5.41) is 3.63. The molecule has 0 unspecified atom stereocenters. The fourth-order valence-corrected chi connectivity index (χ4v) is 2.85. The first-order chi connectivity index (χ1) is 9.88. The van der Waals surface area contributed by atoms with Crippen LogP contribution in [0, 0.1) is 6.92 Å². The summed E-state index contributed by atoms with van der Waals surface area (Å²) in [6, 6.07) is 5.34. The van der Waals surface area contributed by atoms with Crippen LogP contribution >= 0.6 is 11.6 Å². The zero-order valence-corrected chi connectivity index (χ0v) is 13.8. The van der Waals surface area contributed by atoms with Gasteiger partial charge in [0.25, 0.3) is 0 Å². The van der Waals surface area contributed by atoms with Gasteiger partial charge in [-0.2, -0.15) is 0 Å². The van der Waals surface area contributed by atoms with Gasteiger partial charge in [0, 0.05) is 23.8 Å². The summed E-state index contributed by atoms with van der Waals surface area (Å²) in [6.45, 7) is 9.45. The largest absolute Gasteiger partial charge is 0.373 e. The van der Waals surface area contributed by atoms with Crippen LogP contribution in [0.15, 0.2) is 18.2 Å². The van der Waals surface area contributed by atoms with Crippen molar-refractivity contribution in [2.45, 2.75) is 45.9 Å². The summed E-state index contributed by atoms with van der Waals surface area (Å²) >= 11 is 6.09. The molecule has 0 saturated carbocycles. The van der Waals surface area contributed by atoms with Crippen molar-refractivity contribution in [1.29, 1.82) is 0 Å². The molecule has 1 aliphatic rings. The summed E-state index contributed by atoms with van der Waals surface area (Å²) in [6.07, 6.45) is 0.300. The van der Waals surface area contributed by atoms with Gasteiger partial charge in [-0.05, 0) is 45.4 Å². The monoisotopic (exact) mass is 310 g/mol. The Morgan fingerprint density at radius 2 is 2.00 bits per heavy atom. The Kier molecular flexibility index (Phi) is 5.25. The molecular weight excluding hydrogens is 288 g/mol. The molecule has 4 nitrogen and oxygen atoms in total. The van der Waals surface area contributed by atoms with Gasteiger partial charge in [-0.15, -0.1) is 0 Å². The molecule has 1 aliphatic heterocycles. The molecule has 1 amide bonds. The number of hydrogen-bond acceptors (Lipinski definition) is 3. The lowest BCUT2D eigenvalue weighted by molar-refractivity contribution is -0.126. The van der Waals surface area contributed by atoms with Crippen molar-refractivity contribution < 1.29 is 9.53 Å². The zero-order chi connectivity index (χ0) is 15.6. The molecule has 5 heteroatoms. The third-order valence-electron chi connectivity index (χ3n) is 3.90. The van der Waals surface area contributed by atoms with Crippen molar-refractivity contribution in [2.24, 2.45) is 0 Å². The summed E-state index contributed by atoms with van der Waals surface area (Å²) in [7, 11) is 0. The topological polar surface area (TPSA) is 41.6 Å². The SMILES string of the molecule is Cc1c(Cl)cccc1NC(=O)[C@@H](C)N1C[C@@H](C)O[C@H](C)C1. The Morgan fingerprint density at radius 1 is 1.38 bits per heavy atom. The van der Waals surface area contributed by atoms with E-state index in [0.717, 1.165) is 24.3 Å². The van der Waals surface area contributed by atoms with Crippen LogP contribution in [0.5, 0.6) is 0 Å². The predicted octanol–water partition coefficient (Wildman–Crippen LogP) is 3.08. The van der Waals surface area contributed by atoms with Gasteiger partial charge >= 0.3 is 0 Å². The van der Waals surface area contributed by atoms with Gasteiger partial charge in [-0.1, -0.05) is 17.7 Å². The van der Waals surface area contributed by atoms with E-state index in [2.05, 4.69) is 10.2 Å². The molecule has 2 rings (SSSR count). The van der Waals surface area contributed by atoms with E-state index in [9.17, 15) is 4.79 Å². The third-order valence-corrected chi connectivity index (χ3v) is 4.31. The highest BCUT2D eigenvalue weighted by atomic mass is 35.5. The van der Waals surface area contributed by atoms with Crippen molar-refractivity contribution in [3.63, 3.8) is 0 Å². The number of hydrogen-bond donors (Lipinski definition) is 1. The molecule has 0 bridgehead atoms. The van der Waals surface area contributed by atoms with Gasteiger partial charge in [-0.3, -0.25) is 9.69 Å². The second-order valence-electron chi connectivity index (χ2n) is 5.79. The average Bonchev–Trinajstić information content (AvgIpc) is 2.42. The molecule has 0 radical (unpaired) electrons. The molecule has 1 fully saturated rings. The maximum Gasteiger partial charge on any atom is 0.241 e. The van der Waals surface area contributed by atoms with E-state index in [0.29, 0.717) is 5.02 Å². The quantitative estimate of drug-likeness (QED) is 0.933. The minimum Gasteiger partial charge on any atom is -0.373 e. The zero-order valence-electron chi connectivity index (χ0n) is 13.0. The molecule has 21 heavy (non-hydrogen) atoms. The van der Waals surface area contributed by atoms with E-state index in [4.69, 9.17) is 16.3 Å². The number of nitrogens with one attached hydrogen (secondary N) is 1. The van der Waals surface area contributed by atoms with E-state index in [1.165, 1.54) is 0 Å². The molecular formula is C16H23ClN2O2. The Morgan fingerprint density at radius 3 is 2.62 bits per heavy atom. The van der Waals surface area contributed by atoms with Gasteiger partial charge in [0.05, 0.1) is 18.2 Å². The lowest BCUT2D eigenvalue weighted by Crippen LogP contribution is -2.52. The first-order valence-electron chi connectivity index (χ1n) is 7.34. The van der Waals surface area contributed by atoms with Crippen LogP contribution in [0.25, 0.3) is 0 Å². The minimum atomic E-state index is -0.197. The number of morpholine rings is 1. The third kappa shape index (κ3) is 3.96. The van der Waals surface area contributed by atoms with Crippen molar-refractivity contribution in [2.75, 3.05) is 18.4 Å². The molecule has 1 aromatic rings. The second-order valence-corrected chi connectivity index (χ2v) is 6.20. The standard InChI is InChI=1S/C16H23ClN2O2/c1-10-8-19(9-11(2)21-10)13(4)16(20)18-15-7-5-6-14(17)12(15)3/h5-7,10-11,13H,8-9H2,1-4H3,(H,18,20)/t10-,11-,13-/m1/s1. The summed E-state index contributed by atoms with van der Waals surface area (Å²) < 4.78 is 5.71. The van der Waals surface area contributed by atoms with Gasteiger partial charge in [-0.25, -0.2) is 0 Å². The van der Waals surface area contributed by atoms with Crippen molar-refractivity contribution in [3.05, 3.63) is 28.8 Å². The van der Waals surface area contributed by atoms with Gasteiger partial charge in [0.2, 0.25) is 5.91 Å².